The summed E-state index contributed by atoms with van der Waals surface area (Å²) in [5, 5.41) is 3.62. The molecule has 0 spiro atoms. The lowest BCUT2D eigenvalue weighted by atomic mass is 9.68. The van der Waals surface area contributed by atoms with Crippen LogP contribution >= 0.6 is 0 Å². The zero-order chi connectivity index (χ0) is 9.38. The molecule has 1 nitrogen and oxygen atoms in total. The first-order chi connectivity index (χ1) is 6.93. The molecular weight excluding hydrogens is 170 g/mol. The Kier molecular flexibility index (Phi) is 2.27. The van der Waals surface area contributed by atoms with Crippen molar-refractivity contribution in [2.24, 2.45) is 17.8 Å². The molecule has 3 unspecified atom stereocenters. The highest BCUT2D eigenvalue weighted by molar-refractivity contribution is 5.14. The van der Waals surface area contributed by atoms with Gasteiger partial charge in [0.25, 0.3) is 0 Å². The van der Waals surface area contributed by atoms with Crippen molar-refractivity contribution in [3.05, 3.63) is 11.8 Å². The van der Waals surface area contributed by atoms with Crippen molar-refractivity contribution >= 4 is 0 Å². The molecule has 3 rings (SSSR count). The van der Waals surface area contributed by atoms with Gasteiger partial charge in [0.15, 0.2) is 0 Å². The molecule has 1 aliphatic heterocycles. The van der Waals surface area contributed by atoms with E-state index in [1.165, 1.54) is 51.5 Å². The van der Waals surface area contributed by atoms with Gasteiger partial charge in [-0.1, -0.05) is 18.9 Å². The van der Waals surface area contributed by atoms with Gasteiger partial charge < -0.3 is 5.32 Å². The summed E-state index contributed by atoms with van der Waals surface area (Å²) in [6.07, 6.45) is 12.8. The van der Waals surface area contributed by atoms with E-state index in [0.717, 1.165) is 17.8 Å². The number of hydrogen-bond acceptors (Lipinski definition) is 1. The molecule has 0 radical (unpaired) electrons. The SMILES string of the molecule is C1=C2NCCCC2CC2CCCCC12. The van der Waals surface area contributed by atoms with Crippen LogP contribution in [-0.2, 0) is 0 Å². The number of rotatable bonds is 0. The van der Waals surface area contributed by atoms with Crippen molar-refractivity contribution in [3.63, 3.8) is 0 Å². The second-order valence-corrected chi connectivity index (χ2v) is 5.33. The van der Waals surface area contributed by atoms with Crippen molar-refractivity contribution in [2.45, 2.75) is 44.9 Å². The Bertz CT molecular complexity index is 244. The predicted octanol–water partition coefficient (Wildman–Crippen LogP) is 3.08. The van der Waals surface area contributed by atoms with Gasteiger partial charge >= 0.3 is 0 Å². The van der Waals surface area contributed by atoms with Crippen LogP contribution in [0.15, 0.2) is 11.8 Å². The summed E-state index contributed by atoms with van der Waals surface area (Å²) < 4.78 is 0. The first kappa shape index (κ1) is 8.82. The number of piperidine rings is 1. The van der Waals surface area contributed by atoms with Crippen molar-refractivity contribution < 1.29 is 0 Å². The second kappa shape index (κ2) is 3.60. The third-order valence-corrected chi connectivity index (χ3v) is 4.45. The molecule has 3 aliphatic rings. The Morgan fingerprint density at radius 1 is 1.07 bits per heavy atom. The number of hydrogen-bond donors (Lipinski definition) is 1. The maximum absolute atomic E-state index is 3.62. The molecule has 2 aliphatic carbocycles. The van der Waals surface area contributed by atoms with Crippen LogP contribution in [0.4, 0.5) is 0 Å². The second-order valence-electron chi connectivity index (χ2n) is 5.33. The van der Waals surface area contributed by atoms with Crippen LogP contribution in [0.1, 0.15) is 44.9 Å². The van der Waals surface area contributed by atoms with Gasteiger partial charge in [0.05, 0.1) is 0 Å². The molecule has 78 valence electrons. The maximum atomic E-state index is 3.62. The minimum absolute atomic E-state index is 0.906. The molecule has 1 saturated heterocycles. The fraction of sp³-hybridized carbons (Fsp3) is 0.846. The van der Waals surface area contributed by atoms with Crippen LogP contribution in [0.2, 0.25) is 0 Å². The van der Waals surface area contributed by atoms with Gasteiger partial charge in [-0.25, -0.2) is 0 Å². The minimum Gasteiger partial charge on any atom is -0.388 e. The Balaban J connectivity index is 1.80. The van der Waals surface area contributed by atoms with E-state index in [1.807, 2.05) is 0 Å². The van der Waals surface area contributed by atoms with E-state index < -0.39 is 0 Å². The fourth-order valence-electron chi connectivity index (χ4n) is 3.67. The van der Waals surface area contributed by atoms with Crippen molar-refractivity contribution in [1.29, 1.82) is 0 Å². The number of fused-ring (bicyclic) bond motifs is 2. The first-order valence-electron chi connectivity index (χ1n) is 6.39. The van der Waals surface area contributed by atoms with E-state index in [9.17, 15) is 0 Å². The minimum atomic E-state index is 0.906. The largest absolute Gasteiger partial charge is 0.388 e. The lowest BCUT2D eigenvalue weighted by Gasteiger charge is -2.40. The Morgan fingerprint density at radius 2 is 2.00 bits per heavy atom. The Morgan fingerprint density at radius 3 is 3.00 bits per heavy atom. The predicted molar refractivity (Wildman–Crippen MR) is 58.9 cm³/mol. The maximum Gasteiger partial charge on any atom is 0.0144 e. The van der Waals surface area contributed by atoms with E-state index in [0.29, 0.717) is 0 Å². The van der Waals surface area contributed by atoms with Crippen LogP contribution in [0.5, 0.6) is 0 Å². The molecule has 0 bridgehead atoms. The molecule has 1 heteroatoms. The average molecular weight is 191 g/mol. The quantitative estimate of drug-likeness (QED) is 0.620. The highest BCUT2D eigenvalue weighted by Crippen LogP contribution is 2.43. The summed E-state index contributed by atoms with van der Waals surface area (Å²) in [5.41, 5.74) is 1.61. The highest BCUT2D eigenvalue weighted by Gasteiger charge is 2.33. The summed E-state index contributed by atoms with van der Waals surface area (Å²) in [5.74, 6) is 2.88. The summed E-state index contributed by atoms with van der Waals surface area (Å²) in [6, 6.07) is 0. The molecule has 1 heterocycles. The molecule has 0 amide bonds. The first-order valence-corrected chi connectivity index (χ1v) is 6.39. The Hall–Kier alpha value is -0.460. The monoisotopic (exact) mass is 191 g/mol. The smallest absolute Gasteiger partial charge is 0.0144 e. The lowest BCUT2D eigenvalue weighted by Crippen LogP contribution is -2.35. The molecule has 14 heavy (non-hydrogen) atoms. The molecule has 3 atom stereocenters. The summed E-state index contributed by atoms with van der Waals surface area (Å²) >= 11 is 0. The van der Waals surface area contributed by atoms with Crippen molar-refractivity contribution in [1.82, 2.24) is 5.32 Å². The van der Waals surface area contributed by atoms with E-state index in [2.05, 4.69) is 11.4 Å². The summed E-state index contributed by atoms with van der Waals surface area (Å²) in [7, 11) is 0. The average Bonchev–Trinajstić information content (AvgIpc) is 2.26. The van der Waals surface area contributed by atoms with E-state index in [4.69, 9.17) is 0 Å². The molecule has 0 aromatic heterocycles. The molecule has 0 aromatic carbocycles. The zero-order valence-electron chi connectivity index (χ0n) is 8.97. The normalized spacial score (nSPS) is 41.7. The third-order valence-electron chi connectivity index (χ3n) is 4.45. The third kappa shape index (κ3) is 1.47. The molecular formula is C13H21N. The summed E-state index contributed by atoms with van der Waals surface area (Å²) in [6.45, 7) is 1.22. The number of nitrogens with one attached hydrogen (secondary N) is 1. The molecule has 0 aromatic rings. The van der Waals surface area contributed by atoms with Crippen LogP contribution < -0.4 is 5.32 Å². The Labute approximate surface area is 87.0 Å². The standard InChI is InChI=1S/C13H21N/c1-2-5-11-9-13-12(6-3-7-14-13)8-10(11)4-1/h9-12,14H,1-8H2. The fourth-order valence-corrected chi connectivity index (χ4v) is 3.67. The van der Waals surface area contributed by atoms with E-state index in [-0.39, 0.29) is 0 Å². The summed E-state index contributed by atoms with van der Waals surface area (Å²) in [4.78, 5) is 0. The van der Waals surface area contributed by atoms with Gasteiger partial charge in [0.1, 0.15) is 0 Å². The molecule has 1 saturated carbocycles. The lowest BCUT2D eigenvalue weighted by molar-refractivity contribution is 0.205. The van der Waals surface area contributed by atoms with E-state index >= 15 is 0 Å². The molecule has 1 N–H and O–H groups in total. The zero-order valence-corrected chi connectivity index (χ0v) is 8.97. The topological polar surface area (TPSA) is 12.0 Å². The van der Waals surface area contributed by atoms with Crippen molar-refractivity contribution in [3.8, 4) is 0 Å². The highest BCUT2D eigenvalue weighted by atomic mass is 14.9. The van der Waals surface area contributed by atoms with Crippen LogP contribution in [0, 0.1) is 17.8 Å². The van der Waals surface area contributed by atoms with E-state index in [1.54, 1.807) is 5.70 Å². The van der Waals surface area contributed by atoms with Gasteiger partial charge in [0, 0.05) is 12.2 Å². The van der Waals surface area contributed by atoms with Crippen LogP contribution in [-0.4, -0.2) is 6.54 Å². The molecule has 2 fully saturated rings. The van der Waals surface area contributed by atoms with Gasteiger partial charge in [-0.15, -0.1) is 0 Å². The van der Waals surface area contributed by atoms with Gasteiger partial charge in [-0.2, -0.15) is 0 Å². The van der Waals surface area contributed by atoms with Crippen LogP contribution in [0.3, 0.4) is 0 Å². The number of allylic oxidation sites excluding steroid dienone is 2. The van der Waals surface area contributed by atoms with Gasteiger partial charge in [-0.05, 0) is 49.9 Å². The van der Waals surface area contributed by atoms with Gasteiger partial charge in [-0.3, -0.25) is 0 Å². The van der Waals surface area contributed by atoms with Crippen LogP contribution in [0.25, 0.3) is 0 Å². The van der Waals surface area contributed by atoms with Crippen molar-refractivity contribution in [2.75, 3.05) is 6.54 Å². The van der Waals surface area contributed by atoms with Gasteiger partial charge in [0.2, 0.25) is 0 Å².